The molecule has 0 saturated heterocycles. The minimum atomic E-state index is -0.572. The molecule has 5 nitrogen and oxygen atoms in total. The van der Waals surface area contributed by atoms with Gasteiger partial charge in [-0.2, -0.15) is 0 Å². The summed E-state index contributed by atoms with van der Waals surface area (Å²) in [6.45, 7) is 8.94. The summed E-state index contributed by atoms with van der Waals surface area (Å²) in [5.41, 5.74) is -0.502. The zero-order valence-electron chi connectivity index (χ0n) is 10.9. The van der Waals surface area contributed by atoms with Crippen LogP contribution in [-0.4, -0.2) is 54.5 Å². The Morgan fingerprint density at radius 3 is 2.50 bits per heavy atom. The minimum absolute atomic E-state index is 0.266. The van der Waals surface area contributed by atoms with Crippen LogP contribution >= 0.6 is 0 Å². The Morgan fingerprint density at radius 2 is 2.06 bits per heavy atom. The molecule has 1 amide bonds. The molecule has 0 aromatic carbocycles. The highest BCUT2D eigenvalue weighted by Crippen LogP contribution is 2.09. The Balaban J connectivity index is 3.95. The van der Waals surface area contributed by atoms with E-state index >= 15 is 0 Å². The lowest BCUT2D eigenvalue weighted by Crippen LogP contribution is -2.41. The highest BCUT2D eigenvalue weighted by atomic mass is 16.6. The quantitative estimate of drug-likeness (QED) is 0.737. The SMILES string of the molecule is CCNC[C@H](O)CN(C)C(=O)OC(C)(C)C. The second-order valence-electron chi connectivity index (χ2n) is 4.82. The largest absolute Gasteiger partial charge is 0.444 e. The van der Waals surface area contributed by atoms with Gasteiger partial charge in [0, 0.05) is 13.6 Å². The molecule has 0 aliphatic heterocycles. The van der Waals surface area contributed by atoms with Gasteiger partial charge in [-0.15, -0.1) is 0 Å². The van der Waals surface area contributed by atoms with Crippen LogP contribution in [0.5, 0.6) is 0 Å². The Kier molecular flexibility index (Phi) is 6.36. The van der Waals surface area contributed by atoms with Crippen molar-refractivity contribution in [2.75, 3.05) is 26.7 Å². The van der Waals surface area contributed by atoms with E-state index in [4.69, 9.17) is 4.74 Å². The van der Waals surface area contributed by atoms with Gasteiger partial charge in [0.2, 0.25) is 0 Å². The zero-order valence-corrected chi connectivity index (χ0v) is 10.9. The number of hydrogen-bond acceptors (Lipinski definition) is 4. The van der Waals surface area contributed by atoms with Gasteiger partial charge in [-0.3, -0.25) is 0 Å². The molecule has 0 rings (SSSR count). The van der Waals surface area contributed by atoms with Gasteiger partial charge in [-0.1, -0.05) is 6.92 Å². The van der Waals surface area contributed by atoms with Crippen LogP contribution < -0.4 is 5.32 Å². The summed E-state index contributed by atoms with van der Waals surface area (Å²) in [5, 5.41) is 12.6. The maximum absolute atomic E-state index is 11.5. The van der Waals surface area contributed by atoms with E-state index in [0.717, 1.165) is 6.54 Å². The van der Waals surface area contributed by atoms with Gasteiger partial charge in [0.15, 0.2) is 0 Å². The molecule has 0 heterocycles. The first-order chi connectivity index (χ1) is 7.26. The molecule has 0 aliphatic carbocycles. The van der Waals surface area contributed by atoms with Gasteiger partial charge in [0.25, 0.3) is 0 Å². The third-order valence-corrected chi connectivity index (χ3v) is 1.82. The molecule has 0 bridgehead atoms. The third-order valence-electron chi connectivity index (χ3n) is 1.82. The molecule has 16 heavy (non-hydrogen) atoms. The zero-order chi connectivity index (χ0) is 12.8. The molecule has 0 aromatic rings. The first-order valence-electron chi connectivity index (χ1n) is 5.59. The van der Waals surface area contributed by atoms with Gasteiger partial charge in [-0.25, -0.2) is 4.79 Å². The van der Waals surface area contributed by atoms with Crippen molar-refractivity contribution in [3.05, 3.63) is 0 Å². The molecule has 0 unspecified atom stereocenters. The van der Waals surface area contributed by atoms with Crippen molar-refractivity contribution >= 4 is 6.09 Å². The van der Waals surface area contributed by atoms with Gasteiger partial charge >= 0.3 is 6.09 Å². The number of hydrogen-bond donors (Lipinski definition) is 2. The third kappa shape index (κ3) is 7.48. The number of ether oxygens (including phenoxy) is 1. The number of rotatable bonds is 5. The lowest BCUT2D eigenvalue weighted by molar-refractivity contribution is 0.0208. The predicted molar refractivity (Wildman–Crippen MR) is 63.4 cm³/mol. The fourth-order valence-electron chi connectivity index (χ4n) is 1.11. The summed E-state index contributed by atoms with van der Waals surface area (Å²) in [6.07, 6.45) is -0.986. The van der Waals surface area contributed by atoms with Crippen molar-refractivity contribution in [1.29, 1.82) is 0 Å². The van der Waals surface area contributed by atoms with E-state index < -0.39 is 17.8 Å². The van der Waals surface area contributed by atoms with Crippen molar-refractivity contribution in [2.45, 2.75) is 39.4 Å². The van der Waals surface area contributed by atoms with E-state index in [-0.39, 0.29) is 6.54 Å². The van der Waals surface area contributed by atoms with Crippen LogP contribution in [0.25, 0.3) is 0 Å². The van der Waals surface area contributed by atoms with Gasteiger partial charge in [-0.05, 0) is 27.3 Å². The lowest BCUT2D eigenvalue weighted by Gasteiger charge is -2.26. The summed E-state index contributed by atoms with van der Waals surface area (Å²) >= 11 is 0. The van der Waals surface area contributed by atoms with E-state index in [1.165, 1.54) is 4.90 Å². The Bertz CT molecular complexity index is 214. The molecule has 0 aromatic heterocycles. The Labute approximate surface area is 97.8 Å². The molecule has 2 N–H and O–H groups in total. The summed E-state index contributed by atoms with van der Waals surface area (Å²) in [5.74, 6) is 0. The van der Waals surface area contributed by atoms with Gasteiger partial charge in [0.1, 0.15) is 5.60 Å². The normalized spacial score (nSPS) is 13.4. The van der Waals surface area contributed by atoms with Crippen LogP contribution in [0, 0.1) is 0 Å². The van der Waals surface area contributed by atoms with Crippen molar-refractivity contribution in [1.82, 2.24) is 10.2 Å². The molecule has 96 valence electrons. The number of carbonyl (C=O) groups excluding carboxylic acids is 1. The predicted octanol–water partition coefficient (Wildman–Crippen LogP) is 0.824. The number of nitrogens with one attached hydrogen (secondary N) is 1. The standard InChI is InChI=1S/C11H24N2O3/c1-6-12-7-9(14)8-13(5)10(15)16-11(2,3)4/h9,12,14H,6-8H2,1-5H3/t9-/m0/s1. The van der Waals surface area contributed by atoms with Crippen LogP contribution in [0.3, 0.4) is 0 Å². The van der Waals surface area contributed by atoms with Gasteiger partial charge in [0.05, 0.1) is 12.6 Å². The number of aliphatic hydroxyl groups excluding tert-OH is 1. The van der Waals surface area contributed by atoms with Crippen LogP contribution in [0.15, 0.2) is 0 Å². The summed E-state index contributed by atoms with van der Waals surface area (Å²) < 4.78 is 5.16. The maximum atomic E-state index is 11.5. The highest BCUT2D eigenvalue weighted by Gasteiger charge is 2.20. The van der Waals surface area contributed by atoms with Gasteiger partial charge < -0.3 is 20.1 Å². The Hall–Kier alpha value is -0.810. The average Bonchev–Trinajstić information content (AvgIpc) is 2.11. The first-order valence-corrected chi connectivity index (χ1v) is 5.59. The van der Waals surface area contributed by atoms with Crippen LogP contribution in [0.1, 0.15) is 27.7 Å². The molecular formula is C11H24N2O3. The minimum Gasteiger partial charge on any atom is -0.444 e. The fraction of sp³-hybridized carbons (Fsp3) is 0.909. The average molecular weight is 232 g/mol. The van der Waals surface area contributed by atoms with Crippen molar-refractivity contribution in [2.24, 2.45) is 0 Å². The van der Waals surface area contributed by atoms with Crippen molar-refractivity contribution in [3.63, 3.8) is 0 Å². The number of nitrogens with zero attached hydrogens (tertiary/aromatic N) is 1. The lowest BCUT2D eigenvalue weighted by atomic mass is 10.2. The van der Waals surface area contributed by atoms with E-state index in [1.54, 1.807) is 7.05 Å². The molecule has 0 spiro atoms. The maximum Gasteiger partial charge on any atom is 0.410 e. The molecular weight excluding hydrogens is 208 g/mol. The second kappa shape index (κ2) is 6.70. The van der Waals surface area contributed by atoms with Crippen LogP contribution in [0.4, 0.5) is 4.79 Å². The van der Waals surface area contributed by atoms with Crippen molar-refractivity contribution in [3.8, 4) is 0 Å². The van der Waals surface area contributed by atoms with E-state index in [1.807, 2.05) is 27.7 Å². The van der Waals surface area contributed by atoms with E-state index in [2.05, 4.69) is 5.32 Å². The van der Waals surface area contributed by atoms with Crippen LogP contribution in [0.2, 0.25) is 0 Å². The topological polar surface area (TPSA) is 61.8 Å². The summed E-state index contributed by atoms with van der Waals surface area (Å²) in [6, 6.07) is 0. The summed E-state index contributed by atoms with van der Waals surface area (Å²) in [4.78, 5) is 12.9. The number of aliphatic hydroxyl groups is 1. The second-order valence-corrected chi connectivity index (χ2v) is 4.82. The summed E-state index contributed by atoms with van der Waals surface area (Å²) in [7, 11) is 1.61. The van der Waals surface area contributed by atoms with E-state index in [0.29, 0.717) is 6.54 Å². The number of amides is 1. The van der Waals surface area contributed by atoms with E-state index in [9.17, 15) is 9.90 Å². The Morgan fingerprint density at radius 1 is 1.50 bits per heavy atom. The monoisotopic (exact) mass is 232 g/mol. The number of likely N-dealkylation sites (N-methyl/N-ethyl adjacent to an activating group) is 2. The van der Waals surface area contributed by atoms with Crippen LogP contribution in [-0.2, 0) is 4.74 Å². The smallest absolute Gasteiger partial charge is 0.410 e. The first kappa shape index (κ1) is 15.2. The fourth-order valence-corrected chi connectivity index (χ4v) is 1.11. The molecule has 0 fully saturated rings. The molecule has 0 radical (unpaired) electrons. The molecule has 0 saturated carbocycles. The highest BCUT2D eigenvalue weighted by molar-refractivity contribution is 5.67. The van der Waals surface area contributed by atoms with Crippen molar-refractivity contribution < 1.29 is 14.6 Å². The molecule has 1 atom stereocenters. The molecule has 5 heteroatoms. The number of carbonyl (C=O) groups is 1. The molecule has 0 aliphatic rings.